The van der Waals surface area contributed by atoms with E-state index in [0.29, 0.717) is 0 Å². The Balaban J connectivity index is 0.976. The molecule has 0 bridgehead atoms. The van der Waals surface area contributed by atoms with Gasteiger partial charge >= 0.3 is 0 Å². The van der Waals surface area contributed by atoms with E-state index in [2.05, 4.69) is 204 Å². The molecular formula is C52H34N4S2. The number of benzene rings is 9. The molecule has 0 radical (unpaired) electrons. The van der Waals surface area contributed by atoms with Gasteiger partial charge in [0.2, 0.25) is 0 Å². The molecule has 0 unspecified atom stereocenters. The minimum atomic E-state index is 1.01. The first-order valence-corrected chi connectivity index (χ1v) is 20.9. The van der Waals surface area contributed by atoms with Gasteiger partial charge in [-0.1, -0.05) is 121 Å². The molecule has 0 fully saturated rings. The molecule has 0 atom stereocenters. The Morgan fingerprint density at radius 1 is 0.310 bits per heavy atom. The summed E-state index contributed by atoms with van der Waals surface area (Å²) in [5.74, 6) is 0. The molecule has 274 valence electrons. The summed E-state index contributed by atoms with van der Waals surface area (Å²) in [7, 11) is 0. The largest absolute Gasteiger partial charge is 0.310 e. The SMILES string of the molecule is c1ccc(-c2nc3ccc(N(c4ccccc4)c4ccc5c(ccc6cc(N(c7ccccc7)c7ccc8nc(-c9ccccc9)sc8c7)ccc65)c4)cc3s2)cc1. The molecule has 0 spiro atoms. The number of para-hydroxylation sites is 2. The number of hydrogen-bond acceptors (Lipinski definition) is 6. The highest BCUT2D eigenvalue weighted by Gasteiger charge is 2.18. The molecular weight excluding hydrogens is 745 g/mol. The number of anilines is 6. The summed E-state index contributed by atoms with van der Waals surface area (Å²) in [5, 5.41) is 6.88. The lowest BCUT2D eigenvalue weighted by molar-refractivity contribution is 1.29. The zero-order valence-corrected chi connectivity index (χ0v) is 32.9. The van der Waals surface area contributed by atoms with E-state index in [0.717, 1.165) is 75.7 Å². The molecule has 0 N–H and O–H groups in total. The average Bonchev–Trinajstić information content (AvgIpc) is 3.92. The third kappa shape index (κ3) is 6.25. The second kappa shape index (κ2) is 14.4. The third-order valence-electron chi connectivity index (χ3n) is 10.7. The van der Waals surface area contributed by atoms with Gasteiger partial charge in [0.15, 0.2) is 0 Å². The van der Waals surface area contributed by atoms with E-state index < -0.39 is 0 Å². The number of aromatic nitrogens is 2. The van der Waals surface area contributed by atoms with Gasteiger partial charge in [0, 0.05) is 45.3 Å². The van der Waals surface area contributed by atoms with Gasteiger partial charge in [-0.25, -0.2) is 9.97 Å². The summed E-state index contributed by atoms with van der Waals surface area (Å²) in [6.45, 7) is 0. The van der Waals surface area contributed by atoms with E-state index in [4.69, 9.17) is 9.97 Å². The molecule has 58 heavy (non-hydrogen) atoms. The van der Waals surface area contributed by atoms with E-state index in [-0.39, 0.29) is 0 Å². The van der Waals surface area contributed by atoms with Crippen LogP contribution < -0.4 is 9.80 Å². The predicted molar refractivity (Wildman–Crippen MR) is 248 cm³/mol. The predicted octanol–water partition coefficient (Wildman–Crippen LogP) is 15.5. The van der Waals surface area contributed by atoms with E-state index >= 15 is 0 Å². The van der Waals surface area contributed by atoms with Gasteiger partial charge < -0.3 is 9.80 Å². The Morgan fingerprint density at radius 2 is 0.672 bits per heavy atom. The minimum Gasteiger partial charge on any atom is -0.310 e. The van der Waals surface area contributed by atoms with Crippen molar-refractivity contribution in [1.82, 2.24) is 9.97 Å². The van der Waals surface area contributed by atoms with Crippen LogP contribution in [0.5, 0.6) is 0 Å². The van der Waals surface area contributed by atoms with Gasteiger partial charge in [0.25, 0.3) is 0 Å². The fourth-order valence-corrected chi connectivity index (χ4v) is 9.89. The van der Waals surface area contributed by atoms with E-state index in [1.807, 2.05) is 12.1 Å². The highest BCUT2D eigenvalue weighted by Crippen LogP contribution is 2.43. The molecule has 11 rings (SSSR count). The number of rotatable bonds is 8. The molecule has 0 aliphatic carbocycles. The van der Waals surface area contributed by atoms with Crippen molar-refractivity contribution in [2.24, 2.45) is 0 Å². The van der Waals surface area contributed by atoms with E-state index in [1.54, 1.807) is 22.7 Å². The van der Waals surface area contributed by atoms with Crippen LogP contribution >= 0.6 is 22.7 Å². The maximum absolute atomic E-state index is 4.97. The molecule has 4 nitrogen and oxygen atoms in total. The third-order valence-corrected chi connectivity index (χ3v) is 12.8. The van der Waals surface area contributed by atoms with Gasteiger partial charge in [0.05, 0.1) is 20.4 Å². The monoisotopic (exact) mass is 778 g/mol. The Hall–Kier alpha value is -7.12. The molecule has 0 amide bonds. The molecule has 0 saturated heterocycles. The molecule has 11 aromatic rings. The Kier molecular flexibility index (Phi) is 8.50. The zero-order valence-electron chi connectivity index (χ0n) is 31.2. The van der Waals surface area contributed by atoms with Crippen LogP contribution in [0.1, 0.15) is 0 Å². The summed E-state index contributed by atoms with van der Waals surface area (Å²) in [6.07, 6.45) is 0. The summed E-state index contributed by atoms with van der Waals surface area (Å²) < 4.78 is 2.32. The molecule has 6 heteroatoms. The Bertz CT molecular complexity index is 3010. The van der Waals surface area contributed by atoms with Crippen LogP contribution in [0.2, 0.25) is 0 Å². The number of nitrogens with zero attached hydrogens (tertiary/aromatic N) is 4. The second-order valence-corrected chi connectivity index (χ2v) is 16.4. The average molecular weight is 779 g/mol. The maximum Gasteiger partial charge on any atom is 0.124 e. The summed E-state index contributed by atoms with van der Waals surface area (Å²) in [6, 6.07) is 73.5. The summed E-state index contributed by atoms with van der Waals surface area (Å²) >= 11 is 3.47. The summed E-state index contributed by atoms with van der Waals surface area (Å²) in [5.41, 5.74) is 10.9. The Labute approximate surface area is 344 Å². The van der Waals surface area contributed by atoms with Crippen molar-refractivity contribution in [3.63, 3.8) is 0 Å². The first-order chi connectivity index (χ1) is 28.7. The fraction of sp³-hybridized carbons (Fsp3) is 0. The van der Waals surface area contributed by atoms with Crippen molar-refractivity contribution in [1.29, 1.82) is 0 Å². The van der Waals surface area contributed by atoms with Crippen molar-refractivity contribution in [3.05, 3.63) is 206 Å². The molecule has 0 aliphatic heterocycles. The summed E-state index contributed by atoms with van der Waals surface area (Å²) in [4.78, 5) is 14.6. The van der Waals surface area contributed by atoms with Gasteiger partial charge in [-0.3, -0.25) is 0 Å². The molecule has 2 aromatic heterocycles. The van der Waals surface area contributed by atoms with Gasteiger partial charge in [0.1, 0.15) is 10.0 Å². The molecule has 9 aromatic carbocycles. The van der Waals surface area contributed by atoms with E-state index in [9.17, 15) is 0 Å². The Morgan fingerprint density at radius 3 is 1.09 bits per heavy atom. The van der Waals surface area contributed by atoms with Crippen molar-refractivity contribution < 1.29 is 0 Å². The zero-order chi connectivity index (χ0) is 38.4. The fourth-order valence-electron chi connectivity index (χ4n) is 7.89. The van der Waals surface area contributed by atoms with Crippen molar-refractivity contribution in [2.45, 2.75) is 0 Å². The molecule has 0 aliphatic rings. The lowest BCUT2D eigenvalue weighted by Crippen LogP contribution is -2.10. The lowest BCUT2D eigenvalue weighted by atomic mass is 10.00. The van der Waals surface area contributed by atoms with Crippen LogP contribution in [0.15, 0.2) is 206 Å². The number of hydrogen-bond donors (Lipinski definition) is 0. The number of thiazole rings is 2. The van der Waals surface area contributed by atoms with Crippen LogP contribution in [0.25, 0.3) is 63.1 Å². The van der Waals surface area contributed by atoms with Crippen LogP contribution in [0.3, 0.4) is 0 Å². The highest BCUT2D eigenvalue weighted by atomic mass is 32.1. The molecule has 0 saturated carbocycles. The molecule has 2 heterocycles. The highest BCUT2D eigenvalue weighted by molar-refractivity contribution is 7.22. The van der Waals surface area contributed by atoms with Crippen molar-refractivity contribution in [2.75, 3.05) is 9.80 Å². The van der Waals surface area contributed by atoms with Gasteiger partial charge in [-0.2, -0.15) is 0 Å². The van der Waals surface area contributed by atoms with Gasteiger partial charge in [-0.05, 0) is 106 Å². The number of fused-ring (bicyclic) bond motifs is 5. The maximum atomic E-state index is 4.97. The normalized spacial score (nSPS) is 11.4. The van der Waals surface area contributed by atoms with Gasteiger partial charge in [-0.15, -0.1) is 22.7 Å². The quantitative estimate of drug-likeness (QED) is 0.144. The van der Waals surface area contributed by atoms with Crippen LogP contribution in [-0.4, -0.2) is 9.97 Å². The van der Waals surface area contributed by atoms with Crippen LogP contribution in [0, 0.1) is 0 Å². The van der Waals surface area contributed by atoms with Crippen LogP contribution in [-0.2, 0) is 0 Å². The smallest absolute Gasteiger partial charge is 0.124 e. The minimum absolute atomic E-state index is 1.01. The second-order valence-electron chi connectivity index (χ2n) is 14.3. The first-order valence-electron chi connectivity index (χ1n) is 19.3. The van der Waals surface area contributed by atoms with Crippen molar-refractivity contribution in [3.8, 4) is 21.1 Å². The standard InChI is InChI=1S/C52H34N4S2/c1-5-13-35(14-6-1)51-53-47-29-25-43(33-49(47)57-51)55(39-17-9-3-10-18-39)41-23-27-45-37(31-41)21-22-38-32-42(24-28-46(38)45)56(40-19-11-4-12-20-40)44-26-30-48-50(34-44)58-52(54-48)36-15-7-2-8-16-36/h1-34H. The van der Waals surface area contributed by atoms with Crippen LogP contribution in [0.4, 0.5) is 34.1 Å². The lowest BCUT2D eigenvalue weighted by Gasteiger charge is -2.26. The van der Waals surface area contributed by atoms with E-state index in [1.165, 1.54) is 21.5 Å². The van der Waals surface area contributed by atoms with Crippen molar-refractivity contribution >= 4 is 98.8 Å². The first kappa shape index (κ1) is 34.2. The topological polar surface area (TPSA) is 32.3 Å².